The number of nitrogens with one attached hydrogen (secondary N) is 1. The molecule has 4 nitrogen and oxygen atoms in total. The molecule has 0 fully saturated rings. The van der Waals surface area contributed by atoms with Crippen LogP contribution < -0.4 is 16.8 Å². The van der Waals surface area contributed by atoms with E-state index < -0.39 is 5.54 Å². The van der Waals surface area contributed by atoms with Crippen molar-refractivity contribution >= 4 is 10.9 Å². The molecule has 2 aromatic carbocycles. The molecule has 1 aromatic heterocycles. The zero-order valence-electron chi connectivity index (χ0n) is 13.4. The van der Waals surface area contributed by atoms with Crippen LogP contribution in [0.25, 0.3) is 22.2 Å². The summed E-state index contributed by atoms with van der Waals surface area (Å²) in [5.41, 5.74) is 14.8. The number of halogens is 1. The van der Waals surface area contributed by atoms with Crippen molar-refractivity contribution in [3.63, 3.8) is 0 Å². The lowest BCUT2D eigenvalue weighted by Crippen LogP contribution is -2.43. The fraction of sp³-hybridized carbons (Fsp3) is 0.0500. The average molecular weight is 332 g/mol. The maximum atomic E-state index is 14.3. The molecule has 1 aliphatic heterocycles. The van der Waals surface area contributed by atoms with Crippen molar-refractivity contribution in [2.24, 2.45) is 11.5 Å². The Hall–Kier alpha value is -3.18. The van der Waals surface area contributed by atoms with Gasteiger partial charge in [-0.3, -0.25) is 0 Å². The summed E-state index contributed by atoms with van der Waals surface area (Å²) in [6, 6.07) is 16.0. The second kappa shape index (κ2) is 5.72. The Bertz CT molecular complexity index is 1030. The van der Waals surface area contributed by atoms with Gasteiger partial charge in [-0.2, -0.15) is 0 Å². The molecular formula is C20H17FN4. The van der Waals surface area contributed by atoms with E-state index in [4.69, 9.17) is 11.5 Å². The summed E-state index contributed by atoms with van der Waals surface area (Å²) in [5, 5.41) is 3.82. The molecule has 1 atom stereocenters. The molecule has 1 aliphatic rings. The number of para-hydroxylation sites is 1. The topological polar surface area (TPSA) is 77.0 Å². The third kappa shape index (κ3) is 2.45. The molecular weight excluding hydrogens is 315 g/mol. The minimum atomic E-state index is -0.992. The molecule has 0 saturated carbocycles. The second-order valence-electron chi connectivity index (χ2n) is 6.02. The summed E-state index contributed by atoms with van der Waals surface area (Å²) in [5.74, 6) is -0.327. The third-order valence-electron chi connectivity index (χ3n) is 4.47. The van der Waals surface area contributed by atoms with Crippen LogP contribution in [0.2, 0.25) is 0 Å². The molecule has 3 aromatic rings. The van der Waals surface area contributed by atoms with Crippen LogP contribution >= 0.6 is 0 Å². The number of aromatic nitrogens is 1. The third-order valence-corrected chi connectivity index (χ3v) is 4.47. The number of nitrogens with two attached hydrogens (primary N) is 2. The summed E-state index contributed by atoms with van der Waals surface area (Å²) in [6.45, 7) is 0. The van der Waals surface area contributed by atoms with Gasteiger partial charge in [0, 0.05) is 17.1 Å². The first-order valence-electron chi connectivity index (χ1n) is 7.93. The zero-order chi connectivity index (χ0) is 17.4. The van der Waals surface area contributed by atoms with Gasteiger partial charge >= 0.3 is 0 Å². The van der Waals surface area contributed by atoms with Gasteiger partial charge in [-0.15, -0.1) is 0 Å². The Labute approximate surface area is 144 Å². The SMILES string of the molecule is NC1=CNC=CC1(N)c1cc(-c2ccccc2F)nc2ccccc12. The van der Waals surface area contributed by atoms with Crippen molar-refractivity contribution in [3.05, 3.63) is 90.2 Å². The number of pyridine rings is 1. The van der Waals surface area contributed by atoms with Crippen LogP contribution in [0.3, 0.4) is 0 Å². The largest absolute Gasteiger partial charge is 0.399 e. The van der Waals surface area contributed by atoms with Crippen molar-refractivity contribution in [2.45, 2.75) is 5.54 Å². The smallest absolute Gasteiger partial charge is 0.132 e. The molecule has 0 amide bonds. The highest BCUT2D eigenvalue weighted by atomic mass is 19.1. The van der Waals surface area contributed by atoms with E-state index in [1.54, 1.807) is 36.7 Å². The maximum absolute atomic E-state index is 14.3. The first-order valence-corrected chi connectivity index (χ1v) is 7.93. The van der Waals surface area contributed by atoms with E-state index in [-0.39, 0.29) is 5.82 Å². The predicted molar refractivity (Wildman–Crippen MR) is 97.5 cm³/mol. The van der Waals surface area contributed by atoms with Crippen LogP contribution in [0.5, 0.6) is 0 Å². The van der Waals surface area contributed by atoms with E-state index in [0.29, 0.717) is 17.0 Å². The number of nitrogens with zero attached hydrogens (tertiary/aromatic N) is 1. The lowest BCUT2D eigenvalue weighted by atomic mass is 9.84. The lowest BCUT2D eigenvalue weighted by molar-refractivity contribution is 0.629. The summed E-state index contributed by atoms with van der Waals surface area (Å²) < 4.78 is 14.3. The molecule has 0 spiro atoms. The van der Waals surface area contributed by atoms with Crippen LogP contribution in [-0.4, -0.2) is 4.98 Å². The summed E-state index contributed by atoms with van der Waals surface area (Å²) in [4.78, 5) is 4.62. The van der Waals surface area contributed by atoms with Gasteiger partial charge in [-0.1, -0.05) is 30.3 Å². The van der Waals surface area contributed by atoms with Gasteiger partial charge in [0.2, 0.25) is 0 Å². The number of hydrogen-bond acceptors (Lipinski definition) is 4. The predicted octanol–water partition coefficient (Wildman–Crippen LogP) is 3.11. The summed E-state index contributed by atoms with van der Waals surface area (Å²) in [6.07, 6.45) is 5.21. The fourth-order valence-electron chi connectivity index (χ4n) is 3.10. The van der Waals surface area contributed by atoms with Crippen molar-refractivity contribution < 1.29 is 4.39 Å². The van der Waals surface area contributed by atoms with E-state index in [1.165, 1.54) is 6.07 Å². The quantitative estimate of drug-likeness (QED) is 0.674. The maximum Gasteiger partial charge on any atom is 0.132 e. The lowest BCUT2D eigenvalue weighted by Gasteiger charge is -2.31. The monoisotopic (exact) mass is 332 g/mol. The number of fused-ring (bicyclic) bond motifs is 1. The van der Waals surface area contributed by atoms with Gasteiger partial charge in [0.15, 0.2) is 0 Å². The molecule has 4 rings (SSSR count). The van der Waals surface area contributed by atoms with Gasteiger partial charge in [0.25, 0.3) is 0 Å². The van der Waals surface area contributed by atoms with E-state index in [1.807, 2.05) is 30.3 Å². The fourth-order valence-corrected chi connectivity index (χ4v) is 3.10. The van der Waals surface area contributed by atoms with E-state index in [9.17, 15) is 4.39 Å². The molecule has 2 heterocycles. The highest BCUT2D eigenvalue weighted by Gasteiger charge is 2.32. The molecule has 0 saturated heterocycles. The van der Waals surface area contributed by atoms with Crippen LogP contribution in [0.15, 0.2) is 78.8 Å². The molecule has 124 valence electrons. The molecule has 5 heteroatoms. The number of hydrogen-bond donors (Lipinski definition) is 3. The molecule has 0 aliphatic carbocycles. The Balaban J connectivity index is 2.04. The highest BCUT2D eigenvalue weighted by Crippen LogP contribution is 2.35. The van der Waals surface area contributed by atoms with Gasteiger partial charge in [0.1, 0.15) is 11.4 Å². The van der Waals surface area contributed by atoms with Crippen LogP contribution in [-0.2, 0) is 5.54 Å². The van der Waals surface area contributed by atoms with Crippen molar-refractivity contribution in [1.82, 2.24) is 10.3 Å². The Morgan fingerprint density at radius 1 is 1.04 bits per heavy atom. The first-order chi connectivity index (χ1) is 12.1. The van der Waals surface area contributed by atoms with Gasteiger partial charge < -0.3 is 16.8 Å². The molecule has 5 N–H and O–H groups in total. The zero-order valence-corrected chi connectivity index (χ0v) is 13.4. The Morgan fingerprint density at radius 2 is 1.80 bits per heavy atom. The number of benzene rings is 2. The number of rotatable bonds is 2. The van der Waals surface area contributed by atoms with Crippen LogP contribution in [0.1, 0.15) is 5.56 Å². The Morgan fingerprint density at radius 3 is 2.60 bits per heavy atom. The standard InChI is InChI=1S/C20H17FN4/c21-16-7-3-1-6-14(16)18-11-15(13-5-2-4-8-17(13)25-18)20(23)9-10-24-12-19(20)22/h1-12,24H,22-23H2. The van der Waals surface area contributed by atoms with Gasteiger partial charge in [-0.25, -0.2) is 9.37 Å². The minimum Gasteiger partial charge on any atom is -0.399 e. The first kappa shape index (κ1) is 15.4. The summed E-state index contributed by atoms with van der Waals surface area (Å²) >= 11 is 0. The summed E-state index contributed by atoms with van der Waals surface area (Å²) in [7, 11) is 0. The van der Waals surface area contributed by atoms with Crippen molar-refractivity contribution in [2.75, 3.05) is 0 Å². The van der Waals surface area contributed by atoms with Crippen molar-refractivity contribution in [1.29, 1.82) is 0 Å². The van der Waals surface area contributed by atoms with Gasteiger partial charge in [0.05, 0.1) is 16.9 Å². The van der Waals surface area contributed by atoms with Crippen LogP contribution in [0.4, 0.5) is 4.39 Å². The molecule has 0 bridgehead atoms. The molecule has 0 radical (unpaired) electrons. The van der Waals surface area contributed by atoms with E-state index in [0.717, 1.165) is 16.5 Å². The van der Waals surface area contributed by atoms with E-state index >= 15 is 0 Å². The molecule has 25 heavy (non-hydrogen) atoms. The van der Waals surface area contributed by atoms with Crippen molar-refractivity contribution in [3.8, 4) is 11.3 Å². The second-order valence-corrected chi connectivity index (χ2v) is 6.02. The van der Waals surface area contributed by atoms with Crippen LogP contribution in [0, 0.1) is 5.82 Å². The van der Waals surface area contributed by atoms with Gasteiger partial charge in [-0.05, 0) is 42.1 Å². The highest BCUT2D eigenvalue weighted by molar-refractivity contribution is 5.87. The minimum absolute atomic E-state index is 0.327. The van der Waals surface area contributed by atoms with E-state index in [2.05, 4.69) is 10.3 Å². The Kier molecular flexibility index (Phi) is 3.51. The number of dihydropyridines is 1. The normalized spacial score (nSPS) is 19.5. The molecule has 1 unspecified atom stereocenters. The average Bonchev–Trinajstić information content (AvgIpc) is 2.64.